The molecule has 0 aromatic heterocycles. The maximum Gasteiger partial charge on any atom is 0.223 e. The zero-order chi connectivity index (χ0) is 13.4. The first-order valence-electron chi connectivity index (χ1n) is 6.34. The van der Waals surface area contributed by atoms with E-state index in [1.165, 1.54) is 6.07 Å². The van der Waals surface area contributed by atoms with E-state index in [1.807, 2.05) is 13.8 Å². The van der Waals surface area contributed by atoms with Gasteiger partial charge >= 0.3 is 0 Å². The van der Waals surface area contributed by atoms with Crippen LogP contribution in [0.3, 0.4) is 0 Å². The van der Waals surface area contributed by atoms with Crippen LogP contribution in [0.4, 0.5) is 4.39 Å². The third-order valence-electron chi connectivity index (χ3n) is 2.85. The van der Waals surface area contributed by atoms with Gasteiger partial charge in [0.05, 0.1) is 6.54 Å². The molecule has 0 saturated carbocycles. The fourth-order valence-electron chi connectivity index (χ4n) is 1.70. The summed E-state index contributed by atoms with van der Waals surface area (Å²) in [7, 11) is 0. The second kappa shape index (κ2) is 7.69. The molecule has 1 rings (SSSR count). The number of rotatable bonds is 7. The highest BCUT2D eigenvalue weighted by atomic mass is 19.1. The van der Waals surface area contributed by atoms with Gasteiger partial charge in [0, 0.05) is 5.92 Å². The lowest BCUT2D eigenvalue weighted by molar-refractivity contribution is -0.125. The summed E-state index contributed by atoms with van der Waals surface area (Å²) in [5, 5.41) is 2.79. The monoisotopic (exact) mass is 253 g/mol. The second-order valence-corrected chi connectivity index (χ2v) is 4.08. The van der Waals surface area contributed by atoms with Gasteiger partial charge in [-0.2, -0.15) is 0 Å². The lowest BCUT2D eigenvalue weighted by Crippen LogP contribution is -2.33. The average Bonchev–Trinajstić information content (AvgIpc) is 2.38. The number of amides is 1. The molecule has 0 heterocycles. The first kappa shape index (κ1) is 14.5. The Hall–Kier alpha value is -1.58. The molecule has 0 unspecified atom stereocenters. The van der Waals surface area contributed by atoms with Gasteiger partial charge in [-0.15, -0.1) is 0 Å². The Morgan fingerprint density at radius 3 is 2.61 bits per heavy atom. The Bertz CT molecular complexity index is 378. The minimum absolute atomic E-state index is 0.0390. The molecule has 1 aromatic carbocycles. The van der Waals surface area contributed by atoms with Crippen molar-refractivity contribution in [3.8, 4) is 5.75 Å². The highest BCUT2D eigenvalue weighted by Gasteiger charge is 2.12. The van der Waals surface area contributed by atoms with Gasteiger partial charge in [0.15, 0.2) is 11.6 Å². The molecule has 1 amide bonds. The fraction of sp³-hybridized carbons (Fsp3) is 0.500. The maximum absolute atomic E-state index is 13.2. The molecular formula is C14H20FNO2. The molecule has 0 fully saturated rings. The van der Waals surface area contributed by atoms with Gasteiger partial charge in [-0.25, -0.2) is 4.39 Å². The van der Waals surface area contributed by atoms with Gasteiger partial charge in [0.1, 0.15) is 6.61 Å². The lowest BCUT2D eigenvalue weighted by atomic mass is 10.0. The first-order valence-corrected chi connectivity index (χ1v) is 6.34. The topological polar surface area (TPSA) is 38.3 Å². The van der Waals surface area contributed by atoms with Gasteiger partial charge < -0.3 is 10.1 Å². The lowest BCUT2D eigenvalue weighted by Gasteiger charge is -2.13. The van der Waals surface area contributed by atoms with Crippen LogP contribution >= 0.6 is 0 Å². The normalized spacial score (nSPS) is 10.4. The van der Waals surface area contributed by atoms with Crippen LogP contribution in [0.2, 0.25) is 0 Å². The number of nitrogens with one attached hydrogen (secondary N) is 1. The molecule has 0 aliphatic rings. The van der Waals surface area contributed by atoms with Crippen LogP contribution in [0.15, 0.2) is 24.3 Å². The molecule has 0 saturated heterocycles. The maximum atomic E-state index is 13.2. The molecule has 0 aliphatic carbocycles. The van der Waals surface area contributed by atoms with Gasteiger partial charge in [-0.05, 0) is 25.0 Å². The number of carbonyl (C=O) groups is 1. The summed E-state index contributed by atoms with van der Waals surface area (Å²) in [4.78, 5) is 11.6. The Morgan fingerprint density at radius 2 is 2.00 bits per heavy atom. The number of hydrogen-bond donors (Lipinski definition) is 1. The zero-order valence-electron chi connectivity index (χ0n) is 10.9. The van der Waals surface area contributed by atoms with Crippen molar-refractivity contribution < 1.29 is 13.9 Å². The third kappa shape index (κ3) is 4.35. The summed E-state index contributed by atoms with van der Waals surface area (Å²) in [5.41, 5.74) is 0. The largest absolute Gasteiger partial charge is 0.489 e. The molecule has 3 nitrogen and oxygen atoms in total. The van der Waals surface area contributed by atoms with E-state index in [4.69, 9.17) is 4.74 Å². The van der Waals surface area contributed by atoms with Crippen molar-refractivity contribution in [1.29, 1.82) is 0 Å². The summed E-state index contributed by atoms with van der Waals surface area (Å²) in [6.07, 6.45) is 1.66. The minimum atomic E-state index is -0.385. The van der Waals surface area contributed by atoms with Gasteiger partial charge in [-0.1, -0.05) is 26.0 Å². The molecule has 1 aromatic rings. The van der Waals surface area contributed by atoms with Crippen LogP contribution in [-0.2, 0) is 4.79 Å². The Balaban J connectivity index is 2.27. The molecule has 0 spiro atoms. The summed E-state index contributed by atoms with van der Waals surface area (Å²) in [6, 6.07) is 6.23. The van der Waals surface area contributed by atoms with Crippen molar-refractivity contribution in [2.45, 2.75) is 26.7 Å². The molecule has 1 N–H and O–H groups in total. The Labute approximate surface area is 107 Å². The highest BCUT2D eigenvalue weighted by molar-refractivity contribution is 5.78. The molecule has 0 radical (unpaired) electrons. The summed E-state index contributed by atoms with van der Waals surface area (Å²) in [5.74, 6) is -0.0753. The van der Waals surface area contributed by atoms with E-state index in [2.05, 4.69) is 5.32 Å². The van der Waals surface area contributed by atoms with Crippen molar-refractivity contribution in [2.24, 2.45) is 5.92 Å². The average molecular weight is 253 g/mol. The highest BCUT2D eigenvalue weighted by Crippen LogP contribution is 2.14. The van der Waals surface area contributed by atoms with Gasteiger partial charge in [0.2, 0.25) is 5.91 Å². The fourth-order valence-corrected chi connectivity index (χ4v) is 1.70. The quantitative estimate of drug-likeness (QED) is 0.759. The van der Waals surface area contributed by atoms with Crippen molar-refractivity contribution in [1.82, 2.24) is 5.32 Å². The SMILES string of the molecule is CCC(CC)C(=O)NCCOc1ccccc1F. The molecule has 0 atom stereocenters. The van der Waals surface area contributed by atoms with E-state index in [-0.39, 0.29) is 30.0 Å². The molecule has 4 heteroatoms. The smallest absolute Gasteiger partial charge is 0.223 e. The van der Waals surface area contributed by atoms with Crippen LogP contribution in [0.25, 0.3) is 0 Å². The van der Waals surface area contributed by atoms with Crippen molar-refractivity contribution in [2.75, 3.05) is 13.2 Å². The van der Waals surface area contributed by atoms with Crippen LogP contribution < -0.4 is 10.1 Å². The van der Waals surface area contributed by atoms with Crippen LogP contribution in [-0.4, -0.2) is 19.1 Å². The number of hydrogen-bond acceptors (Lipinski definition) is 2. The van der Waals surface area contributed by atoms with Gasteiger partial charge in [-0.3, -0.25) is 4.79 Å². The van der Waals surface area contributed by atoms with Crippen molar-refractivity contribution >= 4 is 5.91 Å². The van der Waals surface area contributed by atoms with E-state index in [0.717, 1.165) is 12.8 Å². The van der Waals surface area contributed by atoms with Crippen LogP contribution in [0.1, 0.15) is 26.7 Å². The van der Waals surface area contributed by atoms with E-state index >= 15 is 0 Å². The van der Waals surface area contributed by atoms with Gasteiger partial charge in [0.25, 0.3) is 0 Å². The minimum Gasteiger partial charge on any atom is -0.489 e. The van der Waals surface area contributed by atoms with Crippen LogP contribution in [0.5, 0.6) is 5.75 Å². The number of para-hydroxylation sites is 1. The summed E-state index contributed by atoms with van der Waals surface area (Å²) >= 11 is 0. The predicted octanol–water partition coefficient (Wildman–Crippen LogP) is 2.76. The molecule has 0 aliphatic heterocycles. The number of halogens is 1. The van der Waals surface area contributed by atoms with E-state index in [1.54, 1.807) is 18.2 Å². The summed E-state index contributed by atoms with van der Waals surface area (Å²) < 4.78 is 18.4. The Morgan fingerprint density at radius 1 is 1.33 bits per heavy atom. The summed E-state index contributed by atoms with van der Waals surface area (Å²) in [6.45, 7) is 4.64. The van der Waals surface area contributed by atoms with E-state index < -0.39 is 0 Å². The van der Waals surface area contributed by atoms with E-state index in [0.29, 0.717) is 6.54 Å². The standard InChI is InChI=1S/C14H20FNO2/c1-3-11(4-2)14(17)16-9-10-18-13-8-6-5-7-12(13)15/h5-8,11H,3-4,9-10H2,1-2H3,(H,16,17). The Kier molecular flexibility index (Phi) is 6.19. The molecular weight excluding hydrogens is 233 g/mol. The van der Waals surface area contributed by atoms with E-state index in [9.17, 15) is 9.18 Å². The zero-order valence-corrected chi connectivity index (χ0v) is 10.9. The molecule has 18 heavy (non-hydrogen) atoms. The second-order valence-electron chi connectivity index (χ2n) is 4.08. The number of benzene rings is 1. The van der Waals surface area contributed by atoms with Crippen LogP contribution in [0, 0.1) is 11.7 Å². The van der Waals surface area contributed by atoms with Crippen molar-refractivity contribution in [3.05, 3.63) is 30.1 Å². The predicted molar refractivity (Wildman–Crippen MR) is 69.0 cm³/mol. The number of ether oxygens (including phenoxy) is 1. The number of carbonyl (C=O) groups excluding carboxylic acids is 1. The third-order valence-corrected chi connectivity index (χ3v) is 2.85. The van der Waals surface area contributed by atoms with Crippen molar-refractivity contribution in [3.63, 3.8) is 0 Å². The first-order chi connectivity index (χ1) is 8.69. The molecule has 0 bridgehead atoms. The molecule has 100 valence electrons.